The number of carbonyl (C=O) groups is 2. The van der Waals surface area contributed by atoms with Crippen LogP contribution in [0.15, 0.2) is 30.3 Å². The number of aromatic nitrogens is 2. The largest absolute Gasteiger partial charge is 0.384 e. The van der Waals surface area contributed by atoms with E-state index in [1.807, 2.05) is 0 Å². The van der Waals surface area contributed by atoms with Crippen LogP contribution in [0.2, 0.25) is 0 Å². The molecule has 9 heteroatoms. The molecule has 1 fully saturated rings. The quantitative estimate of drug-likeness (QED) is 0.409. The number of nitrogens with two attached hydrogens (primary N) is 1. The Morgan fingerprint density at radius 2 is 2.17 bits per heavy atom. The summed E-state index contributed by atoms with van der Waals surface area (Å²) in [6, 6.07) is 8.37. The van der Waals surface area contributed by atoms with E-state index in [4.69, 9.17) is 5.73 Å². The predicted molar refractivity (Wildman–Crippen MR) is 107 cm³/mol. The van der Waals surface area contributed by atoms with E-state index < -0.39 is 11.5 Å². The monoisotopic (exact) mass is 394 g/mol. The molecule has 0 unspecified atom stereocenters. The lowest BCUT2D eigenvalue weighted by atomic mass is 10.0. The van der Waals surface area contributed by atoms with Crippen molar-refractivity contribution in [1.29, 1.82) is 0 Å². The maximum Gasteiger partial charge on any atom is 0.271 e. The van der Waals surface area contributed by atoms with E-state index in [0.717, 1.165) is 0 Å². The fourth-order valence-corrected chi connectivity index (χ4v) is 2.85. The first-order valence-electron chi connectivity index (χ1n) is 9.01. The zero-order chi connectivity index (χ0) is 21.0. The molecule has 0 spiro atoms. The van der Waals surface area contributed by atoms with Crippen molar-refractivity contribution < 1.29 is 14.7 Å². The van der Waals surface area contributed by atoms with Crippen molar-refractivity contribution in [3.8, 4) is 23.2 Å². The van der Waals surface area contributed by atoms with Gasteiger partial charge >= 0.3 is 0 Å². The third-order valence-electron chi connectivity index (χ3n) is 4.45. The Morgan fingerprint density at radius 1 is 1.38 bits per heavy atom. The van der Waals surface area contributed by atoms with Crippen LogP contribution in [0, 0.1) is 11.8 Å². The minimum absolute atomic E-state index is 0.146. The molecule has 29 heavy (non-hydrogen) atoms. The zero-order valence-electron chi connectivity index (χ0n) is 16.2. The molecule has 5 N–H and O–H groups in total. The highest BCUT2D eigenvalue weighted by molar-refractivity contribution is 5.93. The summed E-state index contributed by atoms with van der Waals surface area (Å²) < 4.78 is 0. The molecule has 2 heterocycles. The molecule has 1 aromatic heterocycles. The average Bonchev–Trinajstić information content (AvgIpc) is 2.98. The molecule has 1 aliphatic heterocycles. The highest BCUT2D eigenvalue weighted by Gasteiger charge is 2.42. The highest BCUT2D eigenvalue weighted by Crippen LogP contribution is 2.22. The molecule has 3 rings (SSSR count). The SMILES string of the molecule is CNCNC(=O)c1cc(N)nc(-c2cccc(C#C[C@]3(O)CCN(C)C3=O)c2)n1. The van der Waals surface area contributed by atoms with E-state index in [9.17, 15) is 14.7 Å². The maximum atomic E-state index is 12.2. The lowest BCUT2D eigenvalue weighted by Crippen LogP contribution is -2.37. The smallest absolute Gasteiger partial charge is 0.271 e. The minimum Gasteiger partial charge on any atom is -0.384 e. The molecule has 9 nitrogen and oxygen atoms in total. The number of hydrogen-bond donors (Lipinski definition) is 4. The summed E-state index contributed by atoms with van der Waals surface area (Å²) in [5.41, 5.74) is 5.49. The Labute approximate surface area is 168 Å². The number of hydrogen-bond acceptors (Lipinski definition) is 7. The van der Waals surface area contributed by atoms with Crippen LogP contribution in [0.3, 0.4) is 0 Å². The van der Waals surface area contributed by atoms with Crippen molar-refractivity contribution in [3.05, 3.63) is 41.6 Å². The van der Waals surface area contributed by atoms with Gasteiger partial charge in [-0.05, 0) is 19.2 Å². The number of carbonyl (C=O) groups excluding carboxylic acids is 2. The molecule has 2 aromatic rings. The van der Waals surface area contributed by atoms with Crippen LogP contribution >= 0.6 is 0 Å². The zero-order valence-corrected chi connectivity index (χ0v) is 16.2. The van der Waals surface area contributed by atoms with Gasteiger partial charge in [-0.25, -0.2) is 9.97 Å². The Balaban J connectivity index is 1.89. The summed E-state index contributed by atoms with van der Waals surface area (Å²) in [4.78, 5) is 34.1. The van der Waals surface area contributed by atoms with Crippen LogP contribution in [-0.4, -0.2) is 64.7 Å². The van der Waals surface area contributed by atoms with Gasteiger partial charge in [0, 0.05) is 37.2 Å². The van der Waals surface area contributed by atoms with Gasteiger partial charge in [-0.2, -0.15) is 0 Å². The molecule has 2 amide bonds. The molecule has 0 bridgehead atoms. The van der Waals surface area contributed by atoms with Crippen molar-refractivity contribution >= 4 is 17.6 Å². The molecule has 1 aromatic carbocycles. The Kier molecular flexibility index (Phi) is 5.77. The van der Waals surface area contributed by atoms with Gasteiger partial charge in [-0.1, -0.05) is 24.0 Å². The molecule has 0 aliphatic carbocycles. The molecule has 150 valence electrons. The first-order chi connectivity index (χ1) is 13.8. The molecule has 0 radical (unpaired) electrons. The normalized spacial score (nSPS) is 18.3. The molecule has 1 saturated heterocycles. The van der Waals surface area contributed by atoms with E-state index in [1.54, 1.807) is 38.4 Å². The van der Waals surface area contributed by atoms with E-state index in [2.05, 4.69) is 32.4 Å². The third kappa shape index (κ3) is 4.51. The van der Waals surface area contributed by atoms with Crippen molar-refractivity contribution in [2.45, 2.75) is 12.0 Å². The second-order valence-corrected chi connectivity index (χ2v) is 6.71. The highest BCUT2D eigenvalue weighted by atomic mass is 16.3. The molecular weight excluding hydrogens is 372 g/mol. The van der Waals surface area contributed by atoms with Crippen molar-refractivity contribution in [3.63, 3.8) is 0 Å². The molecular formula is C20H22N6O3. The lowest BCUT2D eigenvalue weighted by molar-refractivity contribution is -0.137. The first kappa shape index (κ1) is 20.3. The standard InChI is InChI=1S/C20H22N6O3/c1-22-12-23-18(27)15-11-16(21)25-17(24-15)14-5-3-4-13(10-14)6-7-20(29)8-9-26(2)19(20)28/h3-5,10-11,22,29H,8-9,12H2,1-2H3,(H,23,27)(H2,21,24,25)/t20-/m0/s1. The summed E-state index contributed by atoms with van der Waals surface area (Å²) in [6.07, 6.45) is 0.262. The number of likely N-dealkylation sites (N-methyl/N-ethyl adjacent to an activating group) is 1. The fourth-order valence-electron chi connectivity index (χ4n) is 2.85. The maximum absolute atomic E-state index is 12.2. The van der Waals surface area contributed by atoms with Gasteiger partial charge in [0.25, 0.3) is 11.8 Å². The number of likely N-dealkylation sites (tertiary alicyclic amines) is 1. The van der Waals surface area contributed by atoms with Crippen LogP contribution < -0.4 is 16.4 Å². The second kappa shape index (κ2) is 8.26. The van der Waals surface area contributed by atoms with Gasteiger partial charge < -0.3 is 26.4 Å². The van der Waals surface area contributed by atoms with Crippen LogP contribution in [-0.2, 0) is 4.79 Å². The van der Waals surface area contributed by atoms with Gasteiger partial charge in [0.15, 0.2) is 5.82 Å². The van der Waals surface area contributed by atoms with Crippen LogP contribution in [0.1, 0.15) is 22.5 Å². The van der Waals surface area contributed by atoms with Crippen LogP contribution in [0.25, 0.3) is 11.4 Å². The Morgan fingerprint density at radius 3 is 2.86 bits per heavy atom. The summed E-state index contributed by atoms with van der Waals surface area (Å²) in [7, 11) is 3.34. The summed E-state index contributed by atoms with van der Waals surface area (Å²) in [5.74, 6) is 5.18. The molecule has 0 saturated carbocycles. The summed E-state index contributed by atoms with van der Waals surface area (Å²) >= 11 is 0. The number of nitrogens with one attached hydrogen (secondary N) is 2. The van der Waals surface area contributed by atoms with Gasteiger partial charge in [-0.15, -0.1) is 0 Å². The predicted octanol–water partition coefficient (Wildman–Crippen LogP) is -0.423. The Bertz CT molecular complexity index is 1010. The number of anilines is 1. The second-order valence-electron chi connectivity index (χ2n) is 6.71. The number of rotatable bonds is 4. The van der Waals surface area contributed by atoms with Gasteiger partial charge in [0.1, 0.15) is 11.5 Å². The summed E-state index contributed by atoms with van der Waals surface area (Å²) in [5, 5.41) is 15.9. The topological polar surface area (TPSA) is 133 Å². The number of nitrogen functional groups attached to an aromatic ring is 1. The van der Waals surface area contributed by atoms with E-state index in [1.165, 1.54) is 11.0 Å². The van der Waals surface area contributed by atoms with E-state index in [-0.39, 0.29) is 29.7 Å². The number of benzene rings is 1. The number of amides is 2. The van der Waals surface area contributed by atoms with Crippen LogP contribution in [0.5, 0.6) is 0 Å². The van der Waals surface area contributed by atoms with E-state index >= 15 is 0 Å². The van der Waals surface area contributed by atoms with Crippen molar-refractivity contribution in [2.75, 3.05) is 33.0 Å². The van der Waals surface area contributed by atoms with Gasteiger partial charge in [0.05, 0.1) is 6.67 Å². The number of nitrogens with zero attached hydrogens (tertiary/aromatic N) is 3. The summed E-state index contributed by atoms with van der Waals surface area (Å²) in [6.45, 7) is 0.750. The average molecular weight is 394 g/mol. The van der Waals surface area contributed by atoms with Crippen LogP contribution in [0.4, 0.5) is 5.82 Å². The van der Waals surface area contributed by atoms with Gasteiger partial charge in [-0.3, -0.25) is 9.59 Å². The Hall–Kier alpha value is -3.48. The van der Waals surface area contributed by atoms with Crippen molar-refractivity contribution in [2.24, 2.45) is 0 Å². The molecule has 1 atom stereocenters. The number of aliphatic hydroxyl groups is 1. The first-order valence-corrected chi connectivity index (χ1v) is 9.01. The van der Waals surface area contributed by atoms with E-state index in [0.29, 0.717) is 24.3 Å². The fraction of sp³-hybridized carbons (Fsp3) is 0.300. The lowest BCUT2D eigenvalue weighted by Gasteiger charge is -2.13. The minimum atomic E-state index is -1.67. The molecule has 1 aliphatic rings. The van der Waals surface area contributed by atoms with Crippen molar-refractivity contribution in [1.82, 2.24) is 25.5 Å². The third-order valence-corrected chi connectivity index (χ3v) is 4.45. The van der Waals surface area contributed by atoms with Gasteiger partial charge in [0.2, 0.25) is 5.60 Å².